The van der Waals surface area contributed by atoms with Crippen molar-refractivity contribution in [3.05, 3.63) is 94.5 Å². The Balaban J connectivity index is 1.42. The molecule has 1 aliphatic rings. The molecule has 4 rings (SSSR count). The third kappa shape index (κ3) is 6.10. The van der Waals surface area contributed by atoms with Crippen molar-refractivity contribution in [2.75, 3.05) is 19.9 Å². The summed E-state index contributed by atoms with van der Waals surface area (Å²) in [6.07, 6.45) is -0.585. The average Bonchev–Trinajstić information content (AvgIpc) is 3.25. The number of rotatable bonds is 10. The first-order valence-electron chi connectivity index (χ1n) is 11.0. The summed E-state index contributed by atoms with van der Waals surface area (Å²) in [5, 5.41) is 10.7. The number of fused-ring (bicyclic) bond motifs is 1. The molecule has 0 bridgehead atoms. The molecule has 5 nitrogen and oxygen atoms in total. The van der Waals surface area contributed by atoms with Gasteiger partial charge in [0, 0.05) is 19.6 Å². The molecule has 0 saturated heterocycles. The lowest BCUT2D eigenvalue weighted by atomic mass is 10.0. The van der Waals surface area contributed by atoms with Crippen LogP contribution in [-0.2, 0) is 24.4 Å². The quantitative estimate of drug-likeness (QED) is 0.506. The van der Waals surface area contributed by atoms with Gasteiger partial charge in [0.2, 0.25) is 6.79 Å². The van der Waals surface area contributed by atoms with Gasteiger partial charge in [0.05, 0.1) is 19.3 Å². The van der Waals surface area contributed by atoms with Gasteiger partial charge in [0.15, 0.2) is 11.5 Å². The van der Waals surface area contributed by atoms with Crippen LogP contribution >= 0.6 is 0 Å². The summed E-state index contributed by atoms with van der Waals surface area (Å²) >= 11 is 0. The molecule has 0 aliphatic carbocycles. The minimum Gasteiger partial charge on any atom is -0.454 e. The van der Waals surface area contributed by atoms with Gasteiger partial charge in [-0.3, -0.25) is 4.90 Å². The minimum atomic E-state index is -0.585. The highest BCUT2D eigenvalue weighted by molar-refractivity contribution is 5.44. The van der Waals surface area contributed by atoms with E-state index in [0.717, 1.165) is 29.2 Å². The van der Waals surface area contributed by atoms with Crippen LogP contribution in [0.1, 0.15) is 27.8 Å². The molecule has 32 heavy (non-hydrogen) atoms. The summed E-state index contributed by atoms with van der Waals surface area (Å²) in [7, 11) is 0. The lowest BCUT2D eigenvalue weighted by Gasteiger charge is -2.26. The number of aliphatic hydroxyl groups excluding tert-OH is 1. The Hall–Kier alpha value is -2.86. The van der Waals surface area contributed by atoms with Gasteiger partial charge >= 0.3 is 0 Å². The van der Waals surface area contributed by atoms with Crippen molar-refractivity contribution in [1.29, 1.82) is 0 Å². The predicted octanol–water partition coefficient (Wildman–Crippen LogP) is 4.61. The van der Waals surface area contributed by atoms with E-state index < -0.39 is 6.10 Å². The van der Waals surface area contributed by atoms with Gasteiger partial charge in [0.25, 0.3) is 0 Å². The Kier molecular flexibility index (Phi) is 7.43. The molecular weight excluding hydrogens is 402 g/mol. The topological polar surface area (TPSA) is 51.2 Å². The second-order valence-electron chi connectivity index (χ2n) is 8.44. The number of hydrogen-bond acceptors (Lipinski definition) is 5. The summed E-state index contributed by atoms with van der Waals surface area (Å²) in [6, 6.07) is 22.6. The van der Waals surface area contributed by atoms with Gasteiger partial charge in [-0.1, -0.05) is 60.2 Å². The fourth-order valence-corrected chi connectivity index (χ4v) is 3.93. The third-order valence-corrected chi connectivity index (χ3v) is 5.63. The van der Waals surface area contributed by atoms with E-state index in [0.29, 0.717) is 26.3 Å². The van der Waals surface area contributed by atoms with Crippen molar-refractivity contribution in [2.45, 2.75) is 39.6 Å². The number of nitrogens with zero attached hydrogens (tertiary/aromatic N) is 1. The van der Waals surface area contributed by atoms with Crippen molar-refractivity contribution in [3.63, 3.8) is 0 Å². The standard InChI is InChI=1S/C27H31NO4/c1-20-8-9-21(2)24(12-20)15-28(14-23-10-11-26-27(13-23)32-19-31-26)16-25(29)18-30-17-22-6-4-3-5-7-22/h3-13,25,29H,14-19H2,1-2H3/t25-/m1/s1. The first-order valence-corrected chi connectivity index (χ1v) is 11.0. The number of hydrogen-bond donors (Lipinski definition) is 1. The summed E-state index contributed by atoms with van der Waals surface area (Å²) in [6.45, 7) is 7.25. The molecule has 0 spiro atoms. The predicted molar refractivity (Wildman–Crippen MR) is 125 cm³/mol. The van der Waals surface area contributed by atoms with Crippen molar-refractivity contribution >= 4 is 0 Å². The van der Waals surface area contributed by atoms with Crippen LogP contribution in [0.5, 0.6) is 11.5 Å². The molecule has 0 unspecified atom stereocenters. The van der Waals surface area contributed by atoms with Crippen molar-refractivity contribution in [3.8, 4) is 11.5 Å². The maximum atomic E-state index is 10.7. The lowest BCUT2D eigenvalue weighted by Crippen LogP contribution is -2.34. The molecule has 1 aliphatic heterocycles. The molecule has 0 amide bonds. The number of benzene rings is 3. The van der Waals surface area contributed by atoms with Crippen molar-refractivity contribution < 1.29 is 19.3 Å². The third-order valence-electron chi connectivity index (χ3n) is 5.63. The monoisotopic (exact) mass is 433 g/mol. The van der Waals surface area contributed by atoms with E-state index in [1.54, 1.807) is 0 Å². The van der Waals surface area contributed by atoms with Gasteiger partial charge in [-0.25, -0.2) is 0 Å². The molecule has 0 radical (unpaired) electrons. The molecule has 1 N–H and O–H groups in total. The summed E-state index contributed by atoms with van der Waals surface area (Å²) in [5.74, 6) is 1.56. The highest BCUT2D eigenvalue weighted by atomic mass is 16.7. The number of aliphatic hydroxyl groups is 1. The van der Waals surface area contributed by atoms with Gasteiger partial charge in [-0.15, -0.1) is 0 Å². The van der Waals surface area contributed by atoms with Crippen LogP contribution in [0.4, 0.5) is 0 Å². The fraction of sp³-hybridized carbons (Fsp3) is 0.333. The number of ether oxygens (including phenoxy) is 3. The van der Waals surface area contributed by atoms with Gasteiger partial charge < -0.3 is 19.3 Å². The van der Waals surface area contributed by atoms with Crippen LogP contribution in [0, 0.1) is 13.8 Å². The first kappa shape index (κ1) is 22.3. The van der Waals surface area contributed by atoms with Crippen LogP contribution in [0.3, 0.4) is 0 Å². The van der Waals surface area contributed by atoms with Crippen LogP contribution in [-0.4, -0.2) is 36.1 Å². The van der Waals surface area contributed by atoms with Crippen LogP contribution < -0.4 is 9.47 Å². The maximum Gasteiger partial charge on any atom is 0.231 e. The van der Waals surface area contributed by atoms with E-state index in [-0.39, 0.29) is 6.79 Å². The Labute approximate surface area is 190 Å². The van der Waals surface area contributed by atoms with E-state index in [9.17, 15) is 5.11 Å². The van der Waals surface area contributed by atoms with Gasteiger partial charge in [-0.2, -0.15) is 0 Å². The Morgan fingerprint density at radius 3 is 2.56 bits per heavy atom. The second kappa shape index (κ2) is 10.6. The Morgan fingerprint density at radius 2 is 1.72 bits per heavy atom. The minimum absolute atomic E-state index is 0.266. The highest BCUT2D eigenvalue weighted by Gasteiger charge is 2.18. The molecule has 3 aromatic rings. The summed E-state index contributed by atoms with van der Waals surface area (Å²) in [5.41, 5.74) is 5.98. The van der Waals surface area contributed by atoms with Crippen molar-refractivity contribution in [2.24, 2.45) is 0 Å². The zero-order valence-corrected chi connectivity index (χ0v) is 18.8. The molecule has 0 fully saturated rings. The smallest absolute Gasteiger partial charge is 0.231 e. The van der Waals surface area contributed by atoms with E-state index >= 15 is 0 Å². The van der Waals surface area contributed by atoms with Crippen molar-refractivity contribution in [1.82, 2.24) is 4.90 Å². The van der Waals surface area contributed by atoms with E-state index in [1.807, 2.05) is 42.5 Å². The van der Waals surface area contributed by atoms with Crippen LogP contribution in [0.2, 0.25) is 0 Å². The van der Waals surface area contributed by atoms with E-state index in [2.05, 4.69) is 43.0 Å². The SMILES string of the molecule is Cc1ccc(C)c(CN(Cc2ccc3c(c2)OCO3)C[C@@H](O)COCc2ccccc2)c1. The largest absolute Gasteiger partial charge is 0.454 e. The summed E-state index contributed by atoms with van der Waals surface area (Å²) in [4.78, 5) is 2.26. The van der Waals surface area contributed by atoms with Crippen LogP contribution in [0.15, 0.2) is 66.7 Å². The molecular formula is C27H31NO4. The molecule has 1 atom stereocenters. The number of aryl methyl sites for hydroxylation is 2. The second-order valence-corrected chi connectivity index (χ2v) is 8.44. The fourth-order valence-electron chi connectivity index (χ4n) is 3.93. The highest BCUT2D eigenvalue weighted by Crippen LogP contribution is 2.33. The molecule has 0 aromatic heterocycles. The molecule has 0 saturated carbocycles. The Morgan fingerprint density at radius 1 is 0.906 bits per heavy atom. The first-order chi connectivity index (χ1) is 15.6. The average molecular weight is 434 g/mol. The molecule has 5 heteroatoms. The molecule has 3 aromatic carbocycles. The van der Waals surface area contributed by atoms with Gasteiger partial charge in [0.1, 0.15) is 0 Å². The molecule has 1 heterocycles. The van der Waals surface area contributed by atoms with Crippen LogP contribution in [0.25, 0.3) is 0 Å². The zero-order valence-electron chi connectivity index (χ0n) is 18.8. The normalized spacial score (nSPS) is 13.5. The lowest BCUT2D eigenvalue weighted by molar-refractivity contribution is 0.00709. The maximum absolute atomic E-state index is 10.7. The van der Waals surface area contributed by atoms with Gasteiger partial charge in [-0.05, 0) is 48.2 Å². The Bertz CT molecular complexity index is 1020. The van der Waals surface area contributed by atoms with E-state index in [4.69, 9.17) is 14.2 Å². The molecule has 168 valence electrons. The van der Waals surface area contributed by atoms with E-state index in [1.165, 1.54) is 16.7 Å². The zero-order chi connectivity index (χ0) is 22.3. The summed E-state index contributed by atoms with van der Waals surface area (Å²) < 4.78 is 16.7.